The first-order valence-electron chi connectivity index (χ1n) is 4.73. The van der Waals surface area contributed by atoms with Crippen molar-refractivity contribution in [3.63, 3.8) is 0 Å². The summed E-state index contributed by atoms with van der Waals surface area (Å²) in [5.41, 5.74) is 0. The van der Waals surface area contributed by atoms with Crippen molar-refractivity contribution in [1.29, 1.82) is 0 Å². The van der Waals surface area contributed by atoms with Crippen LogP contribution in [-0.4, -0.2) is 43.9 Å². The molecule has 16 heavy (non-hydrogen) atoms. The van der Waals surface area contributed by atoms with Crippen LogP contribution in [0.2, 0.25) is 0 Å². The summed E-state index contributed by atoms with van der Waals surface area (Å²) >= 11 is 0. The predicted octanol–water partition coefficient (Wildman–Crippen LogP) is 0.198. The second-order valence-electron chi connectivity index (χ2n) is 3.11. The van der Waals surface area contributed by atoms with Gasteiger partial charge in [-0.25, -0.2) is 8.42 Å². The fourth-order valence-corrected chi connectivity index (χ4v) is 2.21. The quantitative estimate of drug-likeness (QED) is 0.753. The van der Waals surface area contributed by atoms with Gasteiger partial charge in [-0.05, 0) is 13.0 Å². The first kappa shape index (κ1) is 12.7. The topological polar surface area (TPSA) is 79.5 Å². The molecule has 0 aromatic carbocycles. The van der Waals surface area contributed by atoms with Crippen LogP contribution in [-0.2, 0) is 19.6 Å². The highest BCUT2D eigenvalue weighted by molar-refractivity contribution is 7.89. The number of ether oxygens (including phenoxy) is 1. The fraction of sp³-hybridized carbons (Fsp3) is 0.444. The molecule has 0 radical (unpaired) electrons. The lowest BCUT2D eigenvalue weighted by atomic mass is 10.6. The first-order chi connectivity index (χ1) is 7.48. The molecule has 0 aliphatic rings. The van der Waals surface area contributed by atoms with Gasteiger partial charge in [0, 0.05) is 19.4 Å². The van der Waals surface area contributed by atoms with Crippen molar-refractivity contribution >= 4 is 16.0 Å². The molecule has 0 amide bonds. The zero-order chi connectivity index (χ0) is 12.2. The van der Waals surface area contributed by atoms with Crippen LogP contribution < -0.4 is 0 Å². The molecular weight excluding hydrogens is 232 g/mol. The molecule has 0 aliphatic heterocycles. The molecule has 1 rings (SSSR count). The van der Waals surface area contributed by atoms with Gasteiger partial charge >= 0.3 is 5.97 Å². The van der Waals surface area contributed by atoms with Crippen molar-refractivity contribution in [3.05, 3.63) is 18.5 Å². The van der Waals surface area contributed by atoms with Gasteiger partial charge in [0.15, 0.2) is 0 Å². The molecule has 90 valence electrons. The number of esters is 1. The number of carbonyl (C=O) groups is 1. The number of hydrogen-bond donors (Lipinski definition) is 1. The third-order valence-corrected chi connectivity index (χ3v) is 3.73. The van der Waals surface area contributed by atoms with E-state index in [1.54, 1.807) is 6.92 Å². The van der Waals surface area contributed by atoms with Gasteiger partial charge in [0.25, 0.3) is 0 Å². The number of carbonyl (C=O) groups excluding carboxylic acids is 1. The highest BCUT2D eigenvalue weighted by Gasteiger charge is 2.23. The van der Waals surface area contributed by atoms with E-state index in [2.05, 4.69) is 9.72 Å². The minimum Gasteiger partial charge on any atom is -0.465 e. The molecule has 0 fully saturated rings. The van der Waals surface area contributed by atoms with Gasteiger partial charge in [-0.3, -0.25) is 4.79 Å². The average Bonchev–Trinajstić information content (AvgIpc) is 2.70. The lowest BCUT2D eigenvalue weighted by Gasteiger charge is -2.14. The maximum atomic E-state index is 11.8. The smallest absolute Gasteiger partial charge is 0.321 e. The zero-order valence-corrected chi connectivity index (χ0v) is 9.95. The molecule has 0 saturated carbocycles. The molecule has 0 saturated heterocycles. The largest absolute Gasteiger partial charge is 0.465 e. The Morgan fingerprint density at radius 1 is 1.56 bits per heavy atom. The van der Waals surface area contributed by atoms with Crippen molar-refractivity contribution < 1.29 is 17.9 Å². The van der Waals surface area contributed by atoms with Gasteiger partial charge in [-0.1, -0.05) is 0 Å². The number of aromatic nitrogens is 1. The molecule has 0 bridgehead atoms. The van der Waals surface area contributed by atoms with Crippen LogP contribution in [0.4, 0.5) is 0 Å². The van der Waals surface area contributed by atoms with Gasteiger partial charge in [-0.2, -0.15) is 4.31 Å². The van der Waals surface area contributed by atoms with E-state index in [1.165, 1.54) is 25.5 Å². The van der Waals surface area contributed by atoms with E-state index in [9.17, 15) is 13.2 Å². The molecular formula is C9H14N2O4S. The Kier molecular flexibility index (Phi) is 4.08. The molecule has 1 aromatic rings. The van der Waals surface area contributed by atoms with E-state index < -0.39 is 16.0 Å². The maximum Gasteiger partial charge on any atom is 0.321 e. The summed E-state index contributed by atoms with van der Waals surface area (Å²) in [4.78, 5) is 13.9. The second-order valence-corrected chi connectivity index (χ2v) is 5.16. The molecule has 6 nitrogen and oxygen atoms in total. The number of aromatic amines is 1. The molecule has 1 N–H and O–H groups in total. The van der Waals surface area contributed by atoms with Gasteiger partial charge in [0.2, 0.25) is 10.0 Å². The van der Waals surface area contributed by atoms with Crippen LogP contribution in [0.15, 0.2) is 23.4 Å². The Bertz CT molecular complexity index is 438. The number of likely N-dealkylation sites (N-methyl/N-ethyl adjacent to an activating group) is 1. The molecule has 0 atom stereocenters. The van der Waals surface area contributed by atoms with Crippen LogP contribution in [0.5, 0.6) is 0 Å². The van der Waals surface area contributed by atoms with Crippen molar-refractivity contribution in [2.24, 2.45) is 0 Å². The Hall–Kier alpha value is -1.34. The number of rotatable bonds is 5. The Balaban J connectivity index is 2.74. The monoisotopic (exact) mass is 246 g/mol. The van der Waals surface area contributed by atoms with Crippen LogP contribution >= 0.6 is 0 Å². The number of hydrogen-bond acceptors (Lipinski definition) is 4. The minimum absolute atomic E-state index is 0.124. The minimum atomic E-state index is -3.61. The van der Waals surface area contributed by atoms with Crippen molar-refractivity contribution in [3.8, 4) is 0 Å². The summed E-state index contributed by atoms with van der Waals surface area (Å²) in [5, 5.41) is 0. The normalized spacial score (nSPS) is 11.7. The summed E-state index contributed by atoms with van der Waals surface area (Å²) in [5.74, 6) is -0.566. The van der Waals surface area contributed by atoms with Gasteiger partial charge in [0.1, 0.15) is 6.54 Å². The number of sulfonamides is 1. The fourth-order valence-electron chi connectivity index (χ4n) is 1.12. The van der Waals surface area contributed by atoms with Crippen molar-refractivity contribution in [2.75, 3.05) is 20.2 Å². The Morgan fingerprint density at radius 3 is 2.75 bits per heavy atom. The average molecular weight is 246 g/mol. The van der Waals surface area contributed by atoms with E-state index in [0.29, 0.717) is 0 Å². The molecule has 0 aliphatic carbocycles. The predicted molar refractivity (Wildman–Crippen MR) is 57.2 cm³/mol. The second kappa shape index (κ2) is 5.13. The molecule has 1 aromatic heterocycles. The van der Waals surface area contributed by atoms with Gasteiger partial charge in [-0.15, -0.1) is 0 Å². The third-order valence-electron chi connectivity index (χ3n) is 1.93. The van der Waals surface area contributed by atoms with E-state index >= 15 is 0 Å². The van der Waals surface area contributed by atoms with Crippen LogP contribution in [0.1, 0.15) is 6.92 Å². The lowest BCUT2D eigenvalue weighted by Crippen LogP contribution is -2.32. The highest BCUT2D eigenvalue weighted by atomic mass is 32.2. The third kappa shape index (κ3) is 2.83. The number of nitrogens with zero attached hydrogens (tertiary/aromatic N) is 1. The van der Waals surface area contributed by atoms with E-state index in [4.69, 9.17) is 0 Å². The summed E-state index contributed by atoms with van der Waals surface area (Å²) in [6, 6.07) is 1.43. The van der Waals surface area contributed by atoms with E-state index in [1.807, 2.05) is 0 Å². The van der Waals surface area contributed by atoms with Crippen LogP contribution in [0.25, 0.3) is 0 Å². The van der Waals surface area contributed by atoms with E-state index in [-0.39, 0.29) is 18.0 Å². The van der Waals surface area contributed by atoms with Gasteiger partial charge < -0.3 is 9.72 Å². The molecule has 0 spiro atoms. The SMILES string of the molecule is CCOC(=O)CN(C)S(=O)(=O)c1cc[nH]c1. The van der Waals surface area contributed by atoms with E-state index in [0.717, 1.165) is 4.31 Å². The standard InChI is InChI=1S/C9H14N2O4S/c1-3-15-9(12)7-11(2)16(13,14)8-4-5-10-6-8/h4-6,10H,3,7H2,1-2H3. The van der Waals surface area contributed by atoms with Gasteiger partial charge in [0.05, 0.1) is 11.5 Å². The summed E-state index contributed by atoms with van der Waals surface area (Å²) < 4.78 is 29.3. The summed E-state index contributed by atoms with van der Waals surface area (Å²) in [6.45, 7) is 1.61. The van der Waals surface area contributed by atoms with Crippen LogP contribution in [0, 0.1) is 0 Å². The maximum absolute atomic E-state index is 11.8. The summed E-state index contributed by atoms with van der Waals surface area (Å²) in [7, 11) is -2.28. The molecule has 1 heterocycles. The Morgan fingerprint density at radius 2 is 2.25 bits per heavy atom. The van der Waals surface area contributed by atoms with Crippen molar-refractivity contribution in [2.45, 2.75) is 11.8 Å². The highest BCUT2D eigenvalue weighted by Crippen LogP contribution is 2.12. The summed E-state index contributed by atoms with van der Waals surface area (Å²) in [6.07, 6.45) is 2.86. The molecule has 0 unspecified atom stereocenters. The van der Waals surface area contributed by atoms with Crippen LogP contribution in [0.3, 0.4) is 0 Å². The number of H-pyrrole nitrogens is 1. The Labute approximate surface area is 94.3 Å². The molecule has 7 heteroatoms. The number of nitrogens with one attached hydrogen (secondary N) is 1. The zero-order valence-electron chi connectivity index (χ0n) is 9.13. The van der Waals surface area contributed by atoms with Crippen molar-refractivity contribution in [1.82, 2.24) is 9.29 Å². The first-order valence-corrected chi connectivity index (χ1v) is 6.17. The lowest BCUT2D eigenvalue weighted by molar-refractivity contribution is -0.143.